The van der Waals surface area contributed by atoms with Crippen LogP contribution < -0.4 is 5.14 Å². The molecule has 2 N–H and O–H groups in total. The van der Waals surface area contributed by atoms with Gasteiger partial charge in [0.05, 0.1) is 4.90 Å². The third-order valence-electron chi connectivity index (χ3n) is 3.85. The van der Waals surface area contributed by atoms with Crippen molar-refractivity contribution in [3.63, 3.8) is 0 Å². The fourth-order valence-electron chi connectivity index (χ4n) is 2.51. The lowest BCUT2D eigenvalue weighted by molar-refractivity contribution is -0.140. The lowest BCUT2D eigenvalue weighted by Crippen LogP contribution is -2.12. The number of halogens is 4. The molecule has 5 nitrogen and oxygen atoms in total. The summed E-state index contributed by atoms with van der Waals surface area (Å²) in [6.07, 6.45) is -2.26. The molecule has 0 radical (unpaired) electrons. The van der Waals surface area contributed by atoms with Crippen LogP contribution in [-0.2, 0) is 16.2 Å². The van der Waals surface area contributed by atoms with Gasteiger partial charge in [0.1, 0.15) is 11.6 Å². The summed E-state index contributed by atoms with van der Waals surface area (Å²) in [6.45, 7) is 0. The highest BCUT2D eigenvalue weighted by Crippen LogP contribution is 2.34. The van der Waals surface area contributed by atoms with E-state index in [1.54, 1.807) is 6.26 Å². The van der Waals surface area contributed by atoms with Crippen LogP contribution in [0.4, 0.5) is 17.6 Å². The lowest BCUT2D eigenvalue weighted by atomic mass is 10.2. The van der Waals surface area contributed by atoms with E-state index in [1.807, 2.05) is 0 Å². The van der Waals surface area contributed by atoms with Crippen molar-refractivity contribution in [2.24, 2.45) is 5.14 Å². The summed E-state index contributed by atoms with van der Waals surface area (Å²) < 4.78 is 77.3. The van der Waals surface area contributed by atoms with E-state index in [-0.39, 0.29) is 26.9 Å². The Balaban J connectivity index is 2.19. The molecule has 0 bridgehead atoms. The first-order valence-electron chi connectivity index (χ1n) is 7.64. The second kappa shape index (κ2) is 7.22. The molecular formula is C17H13F4N3O2S2. The number of benzene rings is 2. The number of primary sulfonamides is 1. The van der Waals surface area contributed by atoms with Crippen LogP contribution in [0.3, 0.4) is 0 Å². The molecule has 0 saturated carbocycles. The van der Waals surface area contributed by atoms with E-state index >= 15 is 0 Å². The fourth-order valence-corrected chi connectivity index (χ4v) is 3.54. The van der Waals surface area contributed by atoms with Crippen molar-refractivity contribution in [1.29, 1.82) is 0 Å². The van der Waals surface area contributed by atoms with Gasteiger partial charge in [-0.25, -0.2) is 22.9 Å². The molecule has 11 heteroatoms. The van der Waals surface area contributed by atoms with Gasteiger partial charge in [0, 0.05) is 22.3 Å². The van der Waals surface area contributed by atoms with Gasteiger partial charge in [-0.05, 0) is 48.7 Å². The molecule has 2 aromatic carbocycles. The molecule has 28 heavy (non-hydrogen) atoms. The van der Waals surface area contributed by atoms with Gasteiger partial charge in [0.25, 0.3) is 0 Å². The predicted octanol–water partition coefficient (Wildman–Crippen LogP) is 4.07. The van der Waals surface area contributed by atoms with Crippen molar-refractivity contribution in [2.75, 3.05) is 6.26 Å². The van der Waals surface area contributed by atoms with Gasteiger partial charge in [-0.15, -0.1) is 11.8 Å². The predicted molar refractivity (Wildman–Crippen MR) is 97.1 cm³/mol. The number of hydrogen-bond acceptors (Lipinski definition) is 4. The van der Waals surface area contributed by atoms with E-state index in [1.165, 1.54) is 36.4 Å². The number of nitrogens with two attached hydrogens (primary N) is 1. The van der Waals surface area contributed by atoms with Gasteiger partial charge < -0.3 is 0 Å². The van der Waals surface area contributed by atoms with E-state index < -0.39 is 27.7 Å². The number of thioether (sulfide) groups is 1. The molecule has 0 amide bonds. The summed E-state index contributed by atoms with van der Waals surface area (Å²) in [5, 5.41) is 5.04. The van der Waals surface area contributed by atoms with Gasteiger partial charge in [-0.1, -0.05) is 0 Å². The quantitative estimate of drug-likeness (QED) is 0.499. The largest absolute Gasteiger partial charge is 0.434 e. The van der Waals surface area contributed by atoms with Crippen molar-refractivity contribution in [2.45, 2.75) is 16.0 Å². The highest BCUT2D eigenvalue weighted by molar-refractivity contribution is 7.98. The Morgan fingerprint density at radius 2 is 1.75 bits per heavy atom. The molecule has 3 rings (SSSR count). The first kappa shape index (κ1) is 20.4. The third-order valence-corrected chi connectivity index (χ3v) is 5.53. The van der Waals surface area contributed by atoms with Crippen LogP contribution in [0.1, 0.15) is 5.69 Å². The van der Waals surface area contributed by atoms with Crippen molar-refractivity contribution < 1.29 is 26.0 Å². The lowest BCUT2D eigenvalue weighted by Gasteiger charge is -2.10. The van der Waals surface area contributed by atoms with Crippen LogP contribution in [0.2, 0.25) is 0 Å². The van der Waals surface area contributed by atoms with Crippen LogP contribution >= 0.6 is 11.8 Å². The Labute approximate surface area is 162 Å². The maximum atomic E-state index is 13.8. The summed E-state index contributed by atoms with van der Waals surface area (Å²) in [4.78, 5) is 3.74. The minimum Gasteiger partial charge on any atom is -0.299 e. The van der Waals surface area contributed by atoms with Crippen LogP contribution in [0.25, 0.3) is 17.1 Å². The average Bonchev–Trinajstić information content (AvgIpc) is 3.07. The highest BCUT2D eigenvalue weighted by atomic mass is 32.2. The van der Waals surface area contributed by atoms with Crippen molar-refractivity contribution >= 4 is 21.8 Å². The topological polar surface area (TPSA) is 78.0 Å². The van der Waals surface area contributed by atoms with Crippen LogP contribution in [-0.4, -0.2) is 24.2 Å². The molecule has 0 atom stereocenters. The molecule has 3 aromatic rings. The zero-order chi connectivity index (χ0) is 20.7. The van der Waals surface area contributed by atoms with Crippen LogP contribution in [0.5, 0.6) is 0 Å². The fraction of sp³-hybridized carbons (Fsp3) is 0.118. The minimum absolute atomic E-state index is 0.0639. The molecular weight excluding hydrogens is 418 g/mol. The maximum Gasteiger partial charge on any atom is 0.434 e. The molecule has 0 aliphatic rings. The van der Waals surface area contributed by atoms with Crippen molar-refractivity contribution in [1.82, 2.24) is 9.55 Å². The van der Waals surface area contributed by atoms with Gasteiger partial charge in [0.2, 0.25) is 10.0 Å². The van der Waals surface area contributed by atoms with Crippen molar-refractivity contribution in [3.05, 3.63) is 60.2 Å². The molecule has 0 saturated heterocycles. The van der Waals surface area contributed by atoms with Gasteiger partial charge in [-0.2, -0.15) is 13.2 Å². The Hall–Kier alpha value is -2.37. The molecule has 0 aliphatic heterocycles. The number of aromatic nitrogens is 2. The number of imidazole rings is 1. The molecule has 0 spiro atoms. The first-order valence-corrected chi connectivity index (χ1v) is 10.4. The Bertz CT molecular complexity index is 1120. The third kappa shape index (κ3) is 4.05. The summed E-state index contributed by atoms with van der Waals surface area (Å²) in [5.41, 5.74) is -0.620. The highest BCUT2D eigenvalue weighted by Gasteiger charge is 2.35. The second-order valence-corrected chi connectivity index (χ2v) is 8.12. The first-order chi connectivity index (χ1) is 13.0. The monoisotopic (exact) mass is 431 g/mol. The van der Waals surface area contributed by atoms with Crippen LogP contribution in [0, 0.1) is 5.82 Å². The van der Waals surface area contributed by atoms with Crippen molar-refractivity contribution in [3.8, 4) is 17.1 Å². The molecule has 148 valence electrons. The van der Waals surface area contributed by atoms with E-state index in [9.17, 15) is 26.0 Å². The molecule has 0 unspecified atom stereocenters. The Kier molecular flexibility index (Phi) is 5.26. The van der Waals surface area contributed by atoms with Gasteiger partial charge >= 0.3 is 6.18 Å². The SMILES string of the molecule is CSc1cc(-c2nc(C(F)(F)F)cn2-c2ccc(S(N)(=O)=O)cc2)ccc1F. The zero-order valence-electron chi connectivity index (χ0n) is 14.2. The molecule has 1 aromatic heterocycles. The number of alkyl halides is 3. The van der Waals surface area contributed by atoms with E-state index in [0.717, 1.165) is 28.6 Å². The zero-order valence-corrected chi connectivity index (χ0v) is 15.9. The van der Waals surface area contributed by atoms with Gasteiger partial charge in [-0.3, -0.25) is 4.57 Å². The normalized spacial score (nSPS) is 12.4. The number of sulfonamides is 1. The van der Waals surface area contributed by atoms with E-state index in [0.29, 0.717) is 0 Å². The molecule has 0 aliphatic carbocycles. The van der Waals surface area contributed by atoms with E-state index in [4.69, 9.17) is 5.14 Å². The number of hydrogen-bond donors (Lipinski definition) is 1. The Morgan fingerprint density at radius 3 is 2.29 bits per heavy atom. The number of rotatable bonds is 4. The molecule has 0 fully saturated rings. The minimum atomic E-state index is -4.69. The summed E-state index contributed by atoms with van der Waals surface area (Å²) >= 11 is 1.11. The summed E-state index contributed by atoms with van der Waals surface area (Å²) in [5.74, 6) is -0.561. The smallest absolute Gasteiger partial charge is 0.299 e. The maximum absolute atomic E-state index is 13.8. The summed E-state index contributed by atoms with van der Waals surface area (Å²) in [6, 6.07) is 8.86. The van der Waals surface area contributed by atoms with E-state index in [2.05, 4.69) is 4.98 Å². The molecule has 1 heterocycles. The number of nitrogens with zero attached hydrogens (tertiary/aromatic N) is 2. The average molecular weight is 431 g/mol. The van der Waals surface area contributed by atoms with Gasteiger partial charge in [0.15, 0.2) is 5.69 Å². The van der Waals surface area contributed by atoms with Crippen LogP contribution in [0.15, 0.2) is 58.5 Å². The second-order valence-electron chi connectivity index (χ2n) is 5.71. The standard InChI is InChI=1S/C17H13F4N3O2S2/c1-27-14-8-10(2-7-13(14)18)16-23-15(17(19,20)21)9-24(16)11-3-5-12(6-4-11)28(22,25)26/h2-9H,1H3,(H2,22,25,26). The summed E-state index contributed by atoms with van der Waals surface area (Å²) in [7, 11) is -3.95. The Morgan fingerprint density at radius 1 is 1.11 bits per heavy atom.